The summed E-state index contributed by atoms with van der Waals surface area (Å²) in [5.41, 5.74) is 0. The molecule has 0 aromatic rings. The summed E-state index contributed by atoms with van der Waals surface area (Å²) in [6.07, 6.45) is 3.05. The molecule has 0 aliphatic rings. The Morgan fingerprint density at radius 3 is 2.91 bits per heavy atom. The van der Waals surface area contributed by atoms with Crippen LogP contribution in [0.5, 0.6) is 0 Å². The van der Waals surface area contributed by atoms with Gasteiger partial charge < -0.3 is 5.11 Å². The van der Waals surface area contributed by atoms with Gasteiger partial charge in [0.15, 0.2) is 0 Å². The van der Waals surface area contributed by atoms with Crippen LogP contribution in [-0.2, 0) is 4.79 Å². The number of carboxylic acids is 1. The number of aliphatic carboxylic acids is 1. The van der Waals surface area contributed by atoms with Gasteiger partial charge in [0.2, 0.25) is 0 Å². The number of allylic oxidation sites excluding steroid dienone is 1. The van der Waals surface area contributed by atoms with E-state index in [9.17, 15) is 4.79 Å². The molecule has 0 aliphatic heterocycles. The normalized spacial score (nSPS) is 12.5. The van der Waals surface area contributed by atoms with Gasteiger partial charge in [-0.2, -0.15) is 11.8 Å². The van der Waals surface area contributed by atoms with Crippen molar-refractivity contribution in [3.63, 3.8) is 0 Å². The van der Waals surface area contributed by atoms with Crippen molar-refractivity contribution in [1.82, 2.24) is 0 Å². The van der Waals surface area contributed by atoms with Crippen LogP contribution >= 0.6 is 11.8 Å². The van der Waals surface area contributed by atoms with Crippen molar-refractivity contribution in [2.75, 3.05) is 5.75 Å². The van der Waals surface area contributed by atoms with Gasteiger partial charge in [0.05, 0.1) is 6.42 Å². The maximum atomic E-state index is 10.2. The van der Waals surface area contributed by atoms with E-state index < -0.39 is 5.97 Å². The highest BCUT2D eigenvalue weighted by molar-refractivity contribution is 7.99. The van der Waals surface area contributed by atoms with Crippen molar-refractivity contribution in [2.45, 2.75) is 25.0 Å². The first kappa shape index (κ1) is 10.6. The van der Waals surface area contributed by atoms with Gasteiger partial charge in [-0.3, -0.25) is 4.79 Å². The third-order valence-electron chi connectivity index (χ3n) is 1.19. The summed E-state index contributed by atoms with van der Waals surface area (Å²) in [5.74, 6) is 0.251. The summed E-state index contributed by atoms with van der Waals surface area (Å²) >= 11 is 1.68. The Labute approximate surface area is 71.7 Å². The number of hydrogen-bond acceptors (Lipinski definition) is 2. The Morgan fingerprint density at radius 1 is 1.82 bits per heavy atom. The third kappa shape index (κ3) is 7.46. The van der Waals surface area contributed by atoms with E-state index in [2.05, 4.69) is 6.58 Å². The minimum atomic E-state index is -0.719. The molecule has 0 radical (unpaired) electrons. The molecular weight excluding hydrogens is 160 g/mol. The molecule has 1 unspecified atom stereocenters. The van der Waals surface area contributed by atoms with Crippen molar-refractivity contribution >= 4 is 17.7 Å². The summed E-state index contributed by atoms with van der Waals surface area (Å²) < 4.78 is 0. The first-order valence-electron chi connectivity index (χ1n) is 3.61. The smallest absolute Gasteiger partial charge is 0.304 e. The monoisotopic (exact) mass is 174 g/mol. The zero-order valence-corrected chi connectivity index (χ0v) is 7.56. The molecule has 1 atom stereocenters. The molecule has 1 N–H and O–H groups in total. The molecule has 0 spiro atoms. The molecule has 0 saturated carbocycles. The van der Waals surface area contributed by atoms with Gasteiger partial charge in [0.1, 0.15) is 0 Å². The molecule has 2 nitrogen and oxygen atoms in total. The van der Waals surface area contributed by atoms with E-state index >= 15 is 0 Å². The first-order valence-corrected chi connectivity index (χ1v) is 4.66. The zero-order valence-electron chi connectivity index (χ0n) is 6.75. The molecule has 11 heavy (non-hydrogen) atoms. The number of carbonyl (C=O) groups is 1. The third-order valence-corrected chi connectivity index (χ3v) is 2.39. The second-order valence-electron chi connectivity index (χ2n) is 2.36. The fourth-order valence-corrected chi connectivity index (χ4v) is 1.62. The molecule has 3 heteroatoms. The Bertz CT molecular complexity index is 134. The lowest BCUT2D eigenvalue weighted by atomic mass is 10.3. The molecule has 0 saturated heterocycles. The molecule has 0 aromatic carbocycles. The minimum absolute atomic E-state index is 0.215. The quantitative estimate of drug-likeness (QED) is 0.495. The fourth-order valence-electron chi connectivity index (χ4n) is 0.657. The minimum Gasteiger partial charge on any atom is -0.481 e. The van der Waals surface area contributed by atoms with Crippen molar-refractivity contribution in [2.24, 2.45) is 0 Å². The highest BCUT2D eigenvalue weighted by Gasteiger charge is 2.06. The fraction of sp³-hybridized carbons (Fsp3) is 0.625. The average Bonchev–Trinajstić information content (AvgIpc) is 1.86. The van der Waals surface area contributed by atoms with E-state index in [1.165, 1.54) is 0 Å². The van der Waals surface area contributed by atoms with E-state index in [0.717, 1.165) is 12.2 Å². The van der Waals surface area contributed by atoms with Crippen LogP contribution in [-0.4, -0.2) is 22.1 Å². The van der Waals surface area contributed by atoms with Crippen molar-refractivity contribution in [1.29, 1.82) is 0 Å². The highest BCUT2D eigenvalue weighted by Crippen LogP contribution is 2.14. The SMILES string of the molecule is C=CCCSC(C)CC(=O)O. The zero-order chi connectivity index (χ0) is 8.69. The van der Waals surface area contributed by atoms with Crippen molar-refractivity contribution < 1.29 is 9.90 Å². The molecule has 0 aromatic heterocycles. The van der Waals surface area contributed by atoms with Crippen LogP contribution in [0.15, 0.2) is 12.7 Å². The highest BCUT2D eigenvalue weighted by atomic mass is 32.2. The van der Waals surface area contributed by atoms with Crippen LogP contribution in [0, 0.1) is 0 Å². The van der Waals surface area contributed by atoms with Crippen LogP contribution < -0.4 is 0 Å². The predicted octanol–water partition coefficient (Wildman–Crippen LogP) is 2.16. The lowest BCUT2D eigenvalue weighted by Gasteiger charge is -2.05. The summed E-state index contributed by atoms with van der Waals surface area (Å²) in [6, 6.07) is 0. The van der Waals surface area contributed by atoms with Gasteiger partial charge in [0.25, 0.3) is 0 Å². The lowest BCUT2D eigenvalue weighted by Crippen LogP contribution is -2.05. The van der Waals surface area contributed by atoms with Gasteiger partial charge in [-0.15, -0.1) is 6.58 Å². The van der Waals surface area contributed by atoms with E-state index in [4.69, 9.17) is 5.11 Å². The van der Waals surface area contributed by atoms with Gasteiger partial charge in [0, 0.05) is 5.25 Å². The van der Waals surface area contributed by atoms with Crippen molar-refractivity contribution in [3.05, 3.63) is 12.7 Å². The van der Waals surface area contributed by atoms with E-state index in [1.54, 1.807) is 11.8 Å². The molecular formula is C8H14O2S. The Morgan fingerprint density at radius 2 is 2.45 bits per heavy atom. The molecule has 0 bridgehead atoms. The number of carboxylic acid groups (broad SMARTS) is 1. The lowest BCUT2D eigenvalue weighted by molar-refractivity contribution is -0.136. The Kier molecular flexibility index (Phi) is 6.03. The van der Waals surface area contributed by atoms with E-state index in [0.29, 0.717) is 0 Å². The van der Waals surface area contributed by atoms with Gasteiger partial charge in [-0.1, -0.05) is 13.0 Å². The van der Waals surface area contributed by atoms with Gasteiger partial charge in [-0.05, 0) is 12.2 Å². The molecule has 0 aliphatic carbocycles. The second-order valence-corrected chi connectivity index (χ2v) is 3.90. The Balaban J connectivity index is 3.28. The average molecular weight is 174 g/mol. The molecule has 0 fully saturated rings. The maximum absolute atomic E-state index is 10.2. The molecule has 64 valence electrons. The van der Waals surface area contributed by atoms with Crippen LogP contribution in [0.25, 0.3) is 0 Å². The first-order chi connectivity index (χ1) is 5.16. The number of rotatable bonds is 6. The molecule has 0 amide bonds. The summed E-state index contributed by atoms with van der Waals surface area (Å²) in [7, 11) is 0. The van der Waals surface area contributed by atoms with E-state index in [1.807, 2.05) is 13.0 Å². The van der Waals surface area contributed by atoms with E-state index in [-0.39, 0.29) is 11.7 Å². The standard InChI is InChI=1S/C8H14O2S/c1-3-4-5-11-7(2)6-8(9)10/h3,7H,1,4-6H2,2H3,(H,9,10). The summed E-state index contributed by atoms with van der Waals surface area (Å²) in [6.45, 7) is 5.52. The molecule has 0 rings (SSSR count). The largest absolute Gasteiger partial charge is 0.481 e. The topological polar surface area (TPSA) is 37.3 Å². The predicted molar refractivity (Wildman–Crippen MR) is 49.0 cm³/mol. The summed E-state index contributed by atoms with van der Waals surface area (Å²) in [5, 5.41) is 8.62. The van der Waals surface area contributed by atoms with Crippen LogP contribution in [0.4, 0.5) is 0 Å². The van der Waals surface area contributed by atoms with Crippen LogP contribution in [0.2, 0.25) is 0 Å². The second kappa shape index (κ2) is 6.28. The number of hydrogen-bond donors (Lipinski definition) is 1. The van der Waals surface area contributed by atoms with Crippen LogP contribution in [0.1, 0.15) is 19.8 Å². The summed E-state index contributed by atoms with van der Waals surface area (Å²) in [4.78, 5) is 10.2. The Hall–Kier alpha value is -0.440. The van der Waals surface area contributed by atoms with Crippen LogP contribution in [0.3, 0.4) is 0 Å². The van der Waals surface area contributed by atoms with Gasteiger partial charge >= 0.3 is 5.97 Å². The number of thioether (sulfide) groups is 1. The van der Waals surface area contributed by atoms with Crippen molar-refractivity contribution in [3.8, 4) is 0 Å². The van der Waals surface area contributed by atoms with Gasteiger partial charge in [-0.25, -0.2) is 0 Å². The maximum Gasteiger partial charge on any atom is 0.304 e. The molecule has 0 heterocycles.